The molecule has 48 heavy (non-hydrogen) atoms. The highest BCUT2D eigenvalue weighted by molar-refractivity contribution is 6.21. The Morgan fingerprint density at radius 1 is 0.375 bits per heavy atom. The van der Waals surface area contributed by atoms with E-state index in [4.69, 9.17) is 8.83 Å². The largest absolute Gasteiger partial charge is 0.461 e. The van der Waals surface area contributed by atoms with Crippen LogP contribution in [0.25, 0.3) is 43.5 Å². The molecule has 0 N–H and O–H groups in total. The van der Waals surface area contributed by atoms with Gasteiger partial charge in [-0.2, -0.15) is 0 Å². The fraction of sp³-hybridized carbons (Fsp3) is 0.609. The Kier molecular flexibility index (Phi) is 14.8. The van der Waals surface area contributed by atoms with Crippen LogP contribution in [0.5, 0.6) is 0 Å². The van der Waals surface area contributed by atoms with Gasteiger partial charge in [-0.05, 0) is 57.6 Å². The van der Waals surface area contributed by atoms with Crippen LogP contribution in [0.2, 0.25) is 0 Å². The molecule has 5 aromatic rings. The highest BCUT2D eigenvalue weighted by Crippen LogP contribution is 2.38. The molecule has 0 spiro atoms. The van der Waals surface area contributed by atoms with E-state index in [2.05, 4.69) is 76.2 Å². The second kappa shape index (κ2) is 19.4. The van der Waals surface area contributed by atoms with E-state index < -0.39 is 0 Å². The first kappa shape index (κ1) is 36.5. The molecule has 0 aliphatic carbocycles. The average Bonchev–Trinajstić information content (AvgIpc) is 3.72. The molecule has 3 aromatic carbocycles. The number of rotatable bonds is 24. The van der Waals surface area contributed by atoms with E-state index in [1.54, 1.807) is 0 Å². The van der Waals surface area contributed by atoms with Crippen molar-refractivity contribution in [2.45, 2.75) is 169 Å². The third-order valence-electron chi connectivity index (χ3n) is 11.1. The maximum Gasteiger partial charge on any atom is 0.134 e. The maximum atomic E-state index is 6.55. The van der Waals surface area contributed by atoms with E-state index in [-0.39, 0.29) is 0 Å². The minimum absolute atomic E-state index is 0.724. The molecule has 2 aromatic heterocycles. The van der Waals surface area contributed by atoms with Crippen molar-refractivity contribution < 1.29 is 8.83 Å². The lowest BCUT2D eigenvalue weighted by molar-refractivity contribution is 0.377. The zero-order chi connectivity index (χ0) is 33.6. The predicted octanol–water partition coefficient (Wildman–Crippen LogP) is 15.7. The standard InChI is InChI=1S/C46H66O2/c1-5-9-13-17-21-35(22-18-14-10-6-2)31-37-33-43-41-25-26-42-40(39(41)27-29-45(43)47-37)28-30-46-44(42)34-38(48-46)32-36(23-19-15-11-7-3)24-20-16-12-8-4/h25-30,33-36H,5-24,31-32H2,1-4H3. The molecule has 0 saturated heterocycles. The third kappa shape index (κ3) is 9.92. The van der Waals surface area contributed by atoms with E-state index >= 15 is 0 Å². The number of fused-ring (bicyclic) bond motifs is 7. The number of benzene rings is 3. The van der Waals surface area contributed by atoms with E-state index in [1.807, 2.05) is 0 Å². The topological polar surface area (TPSA) is 26.3 Å². The summed E-state index contributed by atoms with van der Waals surface area (Å²) in [6.07, 6.45) is 29.0. The van der Waals surface area contributed by atoms with Crippen LogP contribution in [-0.2, 0) is 12.8 Å². The molecule has 0 aliphatic heterocycles. The minimum Gasteiger partial charge on any atom is -0.461 e. The molecule has 0 radical (unpaired) electrons. The summed E-state index contributed by atoms with van der Waals surface area (Å²) in [5, 5.41) is 7.78. The molecular weight excluding hydrogens is 585 g/mol. The summed E-state index contributed by atoms with van der Waals surface area (Å²) in [6.45, 7) is 9.23. The summed E-state index contributed by atoms with van der Waals surface area (Å²) < 4.78 is 13.1. The van der Waals surface area contributed by atoms with Crippen molar-refractivity contribution in [3.8, 4) is 0 Å². The lowest BCUT2D eigenvalue weighted by Gasteiger charge is -2.15. The van der Waals surface area contributed by atoms with Crippen LogP contribution in [0.1, 0.15) is 168 Å². The van der Waals surface area contributed by atoms with Gasteiger partial charge in [-0.25, -0.2) is 0 Å². The van der Waals surface area contributed by atoms with Gasteiger partial charge < -0.3 is 8.83 Å². The molecule has 0 bridgehead atoms. The van der Waals surface area contributed by atoms with Crippen molar-refractivity contribution in [3.05, 3.63) is 60.1 Å². The molecule has 0 unspecified atom stereocenters. The highest BCUT2D eigenvalue weighted by Gasteiger charge is 2.18. The van der Waals surface area contributed by atoms with Crippen molar-refractivity contribution in [2.24, 2.45) is 11.8 Å². The molecule has 2 heterocycles. The summed E-state index contributed by atoms with van der Waals surface area (Å²) in [4.78, 5) is 0. The van der Waals surface area contributed by atoms with Crippen LogP contribution in [-0.4, -0.2) is 0 Å². The fourth-order valence-electron chi connectivity index (χ4n) is 8.27. The lowest BCUT2D eigenvalue weighted by Crippen LogP contribution is -2.04. The van der Waals surface area contributed by atoms with Crippen molar-refractivity contribution >= 4 is 43.5 Å². The van der Waals surface area contributed by atoms with Gasteiger partial charge in [0.25, 0.3) is 0 Å². The average molecular weight is 651 g/mol. The number of hydrogen-bond donors (Lipinski definition) is 0. The Morgan fingerprint density at radius 3 is 1.02 bits per heavy atom. The molecule has 0 amide bonds. The van der Waals surface area contributed by atoms with Gasteiger partial charge in [0.1, 0.15) is 22.7 Å². The highest BCUT2D eigenvalue weighted by atomic mass is 16.3. The second-order valence-electron chi connectivity index (χ2n) is 15.2. The van der Waals surface area contributed by atoms with Gasteiger partial charge in [-0.15, -0.1) is 0 Å². The first-order valence-corrected chi connectivity index (χ1v) is 20.4. The van der Waals surface area contributed by atoms with Gasteiger partial charge in [0.05, 0.1) is 0 Å². The van der Waals surface area contributed by atoms with Crippen LogP contribution in [0.15, 0.2) is 57.4 Å². The van der Waals surface area contributed by atoms with Gasteiger partial charge in [0, 0.05) is 23.6 Å². The van der Waals surface area contributed by atoms with Gasteiger partial charge in [-0.3, -0.25) is 0 Å². The van der Waals surface area contributed by atoms with Crippen LogP contribution in [0, 0.1) is 11.8 Å². The number of hydrogen-bond acceptors (Lipinski definition) is 2. The molecule has 0 atom stereocenters. The molecule has 0 saturated carbocycles. The summed E-state index contributed by atoms with van der Waals surface area (Å²) in [6, 6.07) is 18.4. The Morgan fingerprint density at radius 2 is 0.688 bits per heavy atom. The predicted molar refractivity (Wildman–Crippen MR) is 210 cm³/mol. The van der Waals surface area contributed by atoms with Gasteiger partial charge in [0.15, 0.2) is 0 Å². The van der Waals surface area contributed by atoms with Gasteiger partial charge in [0.2, 0.25) is 0 Å². The smallest absolute Gasteiger partial charge is 0.134 e. The van der Waals surface area contributed by atoms with Crippen LogP contribution in [0.3, 0.4) is 0 Å². The van der Waals surface area contributed by atoms with E-state index in [9.17, 15) is 0 Å². The normalized spacial score (nSPS) is 12.3. The Labute approximate surface area is 292 Å². The first-order valence-electron chi connectivity index (χ1n) is 20.4. The SMILES string of the molecule is CCCCCCC(CCCCCC)Cc1cc2c(ccc3c2ccc2c4cc(CC(CCCCCC)CCCCCC)oc4ccc23)o1. The van der Waals surface area contributed by atoms with Crippen LogP contribution >= 0.6 is 0 Å². The quantitative estimate of drug-likeness (QED) is 0.0491. The molecule has 0 fully saturated rings. The van der Waals surface area contributed by atoms with Crippen molar-refractivity contribution in [3.63, 3.8) is 0 Å². The molecule has 0 aliphatic rings. The lowest BCUT2D eigenvalue weighted by atomic mass is 9.90. The van der Waals surface area contributed by atoms with Crippen LogP contribution < -0.4 is 0 Å². The maximum absolute atomic E-state index is 6.55. The zero-order valence-electron chi connectivity index (χ0n) is 31.1. The molecule has 5 rings (SSSR count). The van der Waals surface area contributed by atoms with Gasteiger partial charge >= 0.3 is 0 Å². The van der Waals surface area contributed by atoms with Crippen LogP contribution in [0.4, 0.5) is 0 Å². The first-order chi connectivity index (χ1) is 23.6. The fourth-order valence-corrected chi connectivity index (χ4v) is 8.27. The molecule has 2 heteroatoms. The Balaban J connectivity index is 1.36. The van der Waals surface area contributed by atoms with Crippen molar-refractivity contribution in [2.75, 3.05) is 0 Å². The minimum atomic E-state index is 0.724. The molecule has 2 nitrogen and oxygen atoms in total. The van der Waals surface area contributed by atoms with E-state index in [0.29, 0.717) is 0 Å². The second-order valence-corrected chi connectivity index (χ2v) is 15.2. The number of furan rings is 2. The zero-order valence-corrected chi connectivity index (χ0v) is 31.1. The summed E-state index contributed by atoms with van der Waals surface area (Å²) in [5.74, 6) is 3.79. The summed E-state index contributed by atoms with van der Waals surface area (Å²) in [5.41, 5.74) is 2.06. The number of unbranched alkanes of at least 4 members (excludes halogenated alkanes) is 12. The van der Waals surface area contributed by atoms with E-state index in [0.717, 1.165) is 35.8 Å². The summed E-state index contributed by atoms with van der Waals surface area (Å²) >= 11 is 0. The van der Waals surface area contributed by atoms with Gasteiger partial charge in [-0.1, -0.05) is 180 Å². The monoisotopic (exact) mass is 651 g/mol. The van der Waals surface area contributed by atoms with Crippen molar-refractivity contribution in [1.29, 1.82) is 0 Å². The van der Waals surface area contributed by atoms with Crippen molar-refractivity contribution in [1.82, 2.24) is 0 Å². The molecular formula is C46H66O2. The molecule has 262 valence electrons. The van der Waals surface area contributed by atoms with E-state index in [1.165, 1.54) is 172 Å². The Bertz CT molecular complexity index is 1500. The summed E-state index contributed by atoms with van der Waals surface area (Å²) in [7, 11) is 0. The third-order valence-corrected chi connectivity index (χ3v) is 11.1. The Hall–Kier alpha value is -2.74.